The minimum atomic E-state index is 0.486. The highest BCUT2D eigenvalue weighted by molar-refractivity contribution is 7.98. The summed E-state index contributed by atoms with van der Waals surface area (Å²) in [5.74, 6) is 1.89. The lowest BCUT2D eigenvalue weighted by Crippen LogP contribution is -1.85. The van der Waals surface area contributed by atoms with Crippen molar-refractivity contribution in [2.75, 3.05) is 0 Å². The Kier molecular flexibility index (Phi) is 5.28. The normalized spacial score (nSPS) is 10.9. The summed E-state index contributed by atoms with van der Waals surface area (Å²) in [5, 5.41) is 9.12. The minimum Gasteiger partial charge on any atom is -0.416 e. The molecule has 4 rings (SSSR count). The first kappa shape index (κ1) is 17.8. The maximum absolute atomic E-state index is 5.95. The van der Waals surface area contributed by atoms with Gasteiger partial charge in [0.15, 0.2) is 0 Å². The van der Waals surface area contributed by atoms with Gasteiger partial charge in [-0.25, -0.2) is 0 Å². The first-order valence-electron chi connectivity index (χ1n) is 8.56. The van der Waals surface area contributed by atoms with Gasteiger partial charge >= 0.3 is 0 Å². The summed E-state index contributed by atoms with van der Waals surface area (Å²) in [6, 6.07) is 24.1. The summed E-state index contributed by atoms with van der Waals surface area (Å²) in [4.78, 5) is 1.12. The molecule has 0 amide bonds. The van der Waals surface area contributed by atoms with Crippen LogP contribution in [0.15, 0.2) is 82.1 Å². The molecule has 1 heterocycles. The van der Waals surface area contributed by atoms with Crippen LogP contribution in [0.4, 0.5) is 0 Å². The predicted octanol–water partition coefficient (Wildman–Crippen LogP) is 6.66. The number of hydrogen-bond donors (Lipinski definition) is 0. The van der Waals surface area contributed by atoms with Gasteiger partial charge in [-0.1, -0.05) is 53.6 Å². The zero-order chi connectivity index (χ0) is 18.6. The maximum Gasteiger partial charge on any atom is 0.249 e. The lowest BCUT2D eigenvalue weighted by atomic mass is 10.2. The molecule has 0 aliphatic carbocycles. The zero-order valence-corrected chi connectivity index (χ0v) is 16.3. The fourth-order valence-corrected chi connectivity index (χ4v) is 3.78. The van der Waals surface area contributed by atoms with Crippen molar-refractivity contribution in [3.8, 4) is 22.9 Å². The highest BCUT2D eigenvalue weighted by Gasteiger charge is 2.14. The monoisotopic (exact) mass is 392 g/mol. The van der Waals surface area contributed by atoms with E-state index in [1.54, 1.807) is 11.8 Å². The van der Waals surface area contributed by atoms with Gasteiger partial charge in [0.25, 0.3) is 0 Å². The van der Waals surface area contributed by atoms with E-state index in [1.165, 1.54) is 11.1 Å². The van der Waals surface area contributed by atoms with Gasteiger partial charge < -0.3 is 4.42 Å². The molecule has 0 aliphatic rings. The third-order valence-electron chi connectivity index (χ3n) is 4.15. The number of thioether (sulfide) groups is 1. The SMILES string of the molecule is Cc1ccc(CSc2ccccc2-c2nnc(-c3ccc(Cl)cc3)o2)cc1. The molecule has 5 heteroatoms. The highest BCUT2D eigenvalue weighted by atomic mass is 35.5. The second kappa shape index (κ2) is 7.99. The second-order valence-electron chi connectivity index (χ2n) is 6.19. The van der Waals surface area contributed by atoms with Crippen molar-refractivity contribution in [2.45, 2.75) is 17.6 Å². The van der Waals surface area contributed by atoms with Gasteiger partial charge in [-0.2, -0.15) is 0 Å². The van der Waals surface area contributed by atoms with Gasteiger partial charge in [0, 0.05) is 21.2 Å². The Bertz CT molecular complexity index is 1040. The number of aromatic nitrogens is 2. The third-order valence-corrected chi connectivity index (χ3v) is 5.55. The van der Waals surface area contributed by atoms with Gasteiger partial charge in [0.2, 0.25) is 11.8 Å². The van der Waals surface area contributed by atoms with E-state index < -0.39 is 0 Å². The van der Waals surface area contributed by atoms with Crippen LogP contribution in [-0.2, 0) is 5.75 Å². The van der Waals surface area contributed by atoms with Crippen molar-refractivity contribution in [2.24, 2.45) is 0 Å². The smallest absolute Gasteiger partial charge is 0.249 e. The number of hydrogen-bond acceptors (Lipinski definition) is 4. The fourth-order valence-electron chi connectivity index (χ4n) is 2.66. The Morgan fingerprint density at radius 1 is 0.852 bits per heavy atom. The molecule has 0 N–H and O–H groups in total. The molecule has 0 aliphatic heterocycles. The largest absolute Gasteiger partial charge is 0.416 e. The second-order valence-corrected chi connectivity index (χ2v) is 7.64. The molecule has 0 spiro atoms. The summed E-state index contributed by atoms with van der Waals surface area (Å²) >= 11 is 7.71. The Hall–Kier alpha value is -2.56. The first-order valence-corrected chi connectivity index (χ1v) is 9.92. The van der Waals surface area contributed by atoms with E-state index in [0.717, 1.165) is 21.8 Å². The molecule has 0 saturated carbocycles. The Balaban J connectivity index is 1.57. The van der Waals surface area contributed by atoms with Crippen LogP contribution in [0.5, 0.6) is 0 Å². The minimum absolute atomic E-state index is 0.486. The van der Waals surface area contributed by atoms with Crippen molar-refractivity contribution in [1.29, 1.82) is 0 Å². The zero-order valence-electron chi connectivity index (χ0n) is 14.7. The van der Waals surface area contributed by atoms with E-state index >= 15 is 0 Å². The highest BCUT2D eigenvalue weighted by Crippen LogP contribution is 2.34. The van der Waals surface area contributed by atoms with E-state index in [0.29, 0.717) is 16.8 Å². The molecule has 0 fully saturated rings. The molecule has 27 heavy (non-hydrogen) atoms. The van der Waals surface area contributed by atoms with Gasteiger partial charge in [-0.15, -0.1) is 22.0 Å². The van der Waals surface area contributed by atoms with Crippen LogP contribution in [0.3, 0.4) is 0 Å². The van der Waals surface area contributed by atoms with Gasteiger partial charge in [0.05, 0.1) is 5.56 Å². The number of rotatable bonds is 5. The first-order chi connectivity index (χ1) is 13.2. The Labute approximate surface area is 167 Å². The predicted molar refractivity (Wildman–Crippen MR) is 111 cm³/mol. The third kappa shape index (κ3) is 4.24. The van der Waals surface area contributed by atoms with E-state index in [1.807, 2.05) is 42.5 Å². The van der Waals surface area contributed by atoms with Crippen LogP contribution in [0.1, 0.15) is 11.1 Å². The number of benzene rings is 3. The van der Waals surface area contributed by atoms with E-state index in [2.05, 4.69) is 47.5 Å². The van der Waals surface area contributed by atoms with Crippen LogP contribution in [0.2, 0.25) is 5.02 Å². The number of aryl methyl sites for hydroxylation is 1. The molecule has 1 aromatic heterocycles. The molecule has 0 radical (unpaired) electrons. The molecule has 3 nitrogen and oxygen atoms in total. The summed E-state index contributed by atoms with van der Waals surface area (Å²) in [5.41, 5.74) is 4.35. The van der Waals surface area contributed by atoms with Gasteiger partial charge in [-0.05, 0) is 48.9 Å². The molecule has 134 valence electrons. The maximum atomic E-state index is 5.95. The van der Waals surface area contributed by atoms with Crippen molar-refractivity contribution in [1.82, 2.24) is 10.2 Å². The Morgan fingerprint density at radius 2 is 1.56 bits per heavy atom. The van der Waals surface area contributed by atoms with Gasteiger partial charge in [0.1, 0.15) is 0 Å². The molecular formula is C22H17ClN2OS. The van der Waals surface area contributed by atoms with Crippen molar-refractivity contribution < 1.29 is 4.42 Å². The van der Waals surface area contributed by atoms with E-state index in [4.69, 9.17) is 16.0 Å². The van der Waals surface area contributed by atoms with Crippen LogP contribution in [0, 0.1) is 6.92 Å². The van der Waals surface area contributed by atoms with Crippen molar-refractivity contribution in [3.05, 3.63) is 88.9 Å². The van der Waals surface area contributed by atoms with Crippen molar-refractivity contribution >= 4 is 23.4 Å². The molecule has 4 aromatic rings. The molecular weight excluding hydrogens is 376 g/mol. The lowest BCUT2D eigenvalue weighted by molar-refractivity contribution is 0.583. The quantitative estimate of drug-likeness (QED) is 0.356. The molecule has 0 unspecified atom stereocenters. The van der Waals surface area contributed by atoms with Gasteiger partial charge in [-0.3, -0.25) is 0 Å². The molecule has 0 bridgehead atoms. The average molecular weight is 393 g/mol. The molecule has 0 saturated heterocycles. The summed E-state index contributed by atoms with van der Waals surface area (Å²) < 4.78 is 5.93. The summed E-state index contributed by atoms with van der Waals surface area (Å²) in [6.07, 6.45) is 0. The van der Waals surface area contributed by atoms with Crippen LogP contribution < -0.4 is 0 Å². The molecule has 0 atom stereocenters. The average Bonchev–Trinajstić information content (AvgIpc) is 3.18. The topological polar surface area (TPSA) is 38.9 Å². The molecule has 3 aromatic carbocycles. The Morgan fingerprint density at radius 3 is 2.33 bits per heavy atom. The van der Waals surface area contributed by atoms with E-state index in [-0.39, 0.29) is 0 Å². The van der Waals surface area contributed by atoms with Crippen molar-refractivity contribution in [3.63, 3.8) is 0 Å². The summed E-state index contributed by atoms with van der Waals surface area (Å²) in [7, 11) is 0. The van der Waals surface area contributed by atoms with Crippen LogP contribution in [-0.4, -0.2) is 10.2 Å². The fraction of sp³-hybridized carbons (Fsp3) is 0.0909. The number of nitrogens with zero attached hydrogens (tertiary/aromatic N) is 2. The van der Waals surface area contributed by atoms with Crippen LogP contribution >= 0.6 is 23.4 Å². The lowest BCUT2D eigenvalue weighted by Gasteiger charge is -2.06. The summed E-state index contributed by atoms with van der Waals surface area (Å²) in [6.45, 7) is 2.10. The van der Waals surface area contributed by atoms with E-state index in [9.17, 15) is 0 Å². The number of halogens is 1. The van der Waals surface area contributed by atoms with Crippen LogP contribution in [0.25, 0.3) is 22.9 Å². The standard InChI is InChI=1S/C22H17ClN2OS/c1-15-6-8-16(9-7-15)14-27-20-5-3-2-4-19(20)22-25-24-21(26-22)17-10-12-18(23)13-11-17/h2-13H,14H2,1H3.